The molecule has 0 saturated heterocycles. The highest BCUT2D eigenvalue weighted by atomic mass is 19.4. The third-order valence-electron chi connectivity index (χ3n) is 3.91. The molecular formula is C19H17F6N5. The number of nitrogens with two attached hydrogens (primary N) is 1. The summed E-state index contributed by atoms with van der Waals surface area (Å²) in [6.45, 7) is 3.09. The molecule has 3 N–H and O–H groups in total. The predicted octanol–water partition coefficient (Wildman–Crippen LogP) is 4.78. The molecule has 2 rings (SSSR count). The summed E-state index contributed by atoms with van der Waals surface area (Å²) in [5, 5.41) is 11.4. The summed E-state index contributed by atoms with van der Waals surface area (Å²) in [6, 6.07) is 8.77. The van der Waals surface area contributed by atoms with E-state index in [-0.39, 0.29) is 5.96 Å². The lowest BCUT2D eigenvalue weighted by atomic mass is 10.1. The third kappa shape index (κ3) is 6.33. The SMILES string of the molecule is C/C(=N\N=C(N)N/N=C(\C)c1ccc(C(F)(F)F)cc1)c1ccc(C(F)(F)F)cc1. The van der Waals surface area contributed by atoms with E-state index in [9.17, 15) is 26.3 Å². The van der Waals surface area contributed by atoms with Gasteiger partial charge in [-0.2, -0.15) is 36.5 Å². The predicted molar refractivity (Wildman–Crippen MR) is 102 cm³/mol. The highest BCUT2D eigenvalue weighted by Gasteiger charge is 2.30. The van der Waals surface area contributed by atoms with Gasteiger partial charge in [-0.3, -0.25) is 0 Å². The Bertz CT molecular complexity index is 955. The zero-order chi connectivity index (χ0) is 22.5. The molecule has 11 heteroatoms. The molecule has 0 unspecified atom stereocenters. The summed E-state index contributed by atoms with van der Waals surface area (Å²) in [7, 11) is 0. The van der Waals surface area contributed by atoms with E-state index in [4.69, 9.17) is 5.73 Å². The number of nitrogens with one attached hydrogen (secondary N) is 1. The molecule has 0 atom stereocenters. The van der Waals surface area contributed by atoms with Gasteiger partial charge in [0.1, 0.15) is 0 Å². The van der Waals surface area contributed by atoms with Gasteiger partial charge in [0.25, 0.3) is 0 Å². The summed E-state index contributed by atoms with van der Waals surface area (Å²) in [5.74, 6) is -0.215. The second kappa shape index (κ2) is 8.97. The molecule has 0 fully saturated rings. The van der Waals surface area contributed by atoms with Crippen LogP contribution in [0.15, 0.2) is 63.8 Å². The highest BCUT2D eigenvalue weighted by molar-refractivity contribution is 6.00. The zero-order valence-electron chi connectivity index (χ0n) is 15.8. The van der Waals surface area contributed by atoms with Gasteiger partial charge < -0.3 is 5.73 Å². The summed E-state index contributed by atoms with van der Waals surface area (Å²) in [5.41, 5.74) is 7.98. The average Bonchev–Trinajstić information content (AvgIpc) is 2.69. The minimum absolute atomic E-state index is 0.215. The Hall–Kier alpha value is -3.37. The van der Waals surface area contributed by atoms with Gasteiger partial charge in [-0.25, -0.2) is 5.43 Å². The summed E-state index contributed by atoms with van der Waals surface area (Å²) in [4.78, 5) is 0. The van der Waals surface area contributed by atoms with Gasteiger partial charge in [-0.1, -0.05) is 24.3 Å². The Morgan fingerprint density at radius 3 is 1.50 bits per heavy atom. The first kappa shape index (κ1) is 22.9. The van der Waals surface area contributed by atoms with E-state index in [1.807, 2.05) is 0 Å². The second-order valence-electron chi connectivity index (χ2n) is 6.13. The van der Waals surface area contributed by atoms with Crippen LogP contribution in [-0.4, -0.2) is 17.4 Å². The molecule has 2 aromatic carbocycles. The Kier molecular flexibility index (Phi) is 6.85. The van der Waals surface area contributed by atoms with Crippen molar-refractivity contribution in [1.29, 1.82) is 0 Å². The van der Waals surface area contributed by atoms with Crippen LogP contribution in [0.4, 0.5) is 26.3 Å². The quantitative estimate of drug-likeness (QED) is 0.318. The molecule has 0 amide bonds. The smallest absolute Gasteiger partial charge is 0.367 e. The van der Waals surface area contributed by atoms with Gasteiger partial charge in [0.05, 0.1) is 22.6 Å². The standard InChI is InChI=1S/C19H17F6N5/c1-11(13-3-7-15(8-4-13)18(20,21)22)27-29-17(26)30-28-12(2)14-5-9-16(10-6-14)19(23,24)25/h3-10H,1-2H3,(H3,26,29,30)/b27-11+,28-12+. The molecule has 0 spiro atoms. The summed E-state index contributed by atoms with van der Waals surface area (Å²) < 4.78 is 75.5. The van der Waals surface area contributed by atoms with Crippen molar-refractivity contribution >= 4 is 17.4 Å². The molecule has 0 heterocycles. The number of hydrogen-bond donors (Lipinski definition) is 2. The van der Waals surface area contributed by atoms with Gasteiger partial charge in [0.2, 0.25) is 5.96 Å². The fourth-order valence-electron chi connectivity index (χ4n) is 2.22. The lowest BCUT2D eigenvalue weighted by Gasteiger charge is -2.08. The van der Waals surface area contributed by atoms with Crippen molar-refractivity contribution < 1.29 is 26.3 Å². The van der Waals surface area contributed by atoms with Crippen LogP contribution in [0.1, 0.15) is 36.1 Å². The Morgan fingerprint density at radius 2 is 1.10 bits per heavy atom. The molecule has 5 nitrogen and oxygen atoms in total. The van der Waals surface area contributed by atoms with Crippen LogP contribution in [0, 0.1) is 0 Å². The van der Waals surface area contributed by atoms with Gasteiger partial charge >= 0.3 is 12.4 Å². The van der Waals surface area contributed by atoms with Crippen LogP contribution >= 0.6 is 0 Å². The first-order valence-corrected chi connectivity index (χ1v) is 8.41. The Labute approximate surface area is 168 Å². The molecule has 0 aliphatic heterocycles. The average molecular weight is 429 g/mol. The van der Waals surface area contributed by atoms with E-state index < -0.39 is 23.5 Å². The number of halogens is 6. The number of benzene rings is 2. The van der Waals surface area contributed by atoms with Crippen molar-refractivity contribution in [2.75, 3.05) is 0 Å². The summed E-state index contributed by atoms with van der Waals surface area (Å²) >= 11 is 0. The zero-order valence-corrected chi connectivity index (χ0v) is 15.8. The highest BCUT2D eigenvalue weighted by Crippen LogP contribution is 2.30. The van der Waals surface area contributed by atoms with Crippen molar-refractivity contribution in [2.24, 2.45) is 21.0 Å². The van der Waals surface area contributed by atoms with Crippen LogP contribution in [0.25, 0.3) is 0 Å². The molecule has 0 bridgehead atoms. The number of hydrogen-bond acceptors (Lipinski definition) is 3. The van der Waals surface area contributed by atoms with Crippen LogP contribution < -0.4 is 11.2 Å². The number of alkyl halides is 6. The number of nitrogens with zero attached hydrogens (tertiary/aromatic N) is 3. The lowest BCUT2D eigenvalue weighted by Crippen LogP contribution is -2.27. The maximum absolute atomic E-state index is 12.6. The molecule has 2 aromatic rings. The maximum Gasteiger partial charge on any atom is 0.416 e. The molecule has 0 aliphatic carbocycles. The summed E-state index contributed by atoms with van der Waals surface area (Å²) in [6.07, 6.45) is -8.86. The number of guanidine groups is 1. The largest absolute Gasteiger partial charge is 0.416 e. The fraction of sp³-hybridized carbons (Fsp3) is 0.211. The Morgan fingerprint density at radius 1 is 0.700 bits per heavy atom. The van der Waals surface area contributed by atoms with Crippen LogP contribution in [0.5, 0.6) is 0 Å². The normalized spacial score (nSPS) is 14.1. The number of hydrazone groups is 1. The molecule has 0 aliphatic rings. The van der Waals surface area contributed by atoms with Crippen LogP contribution in [0.2, 0.25) is 0 Å². The van der Waals surface area contributed by atoms with Crippen molar-refractivity contribution in [3.05, 3.63) is 70.8 Å². The Balaban J connectivity index is 2.04. The minimum Gasteiger partial charge on any atom is -0.367 e. The first-order valence-electron chi connectivity index (χ1n) is 8.41. The number of rotatable bonds is 4. The van der Waals surface area contributed by atoms with Crippen LogP contribution in [-0.2, 0) is 12.4 Å². The topological polar surface area (TPSA) is 75.1 Å². The molecule has 160 valence electrons. The van der Waals surface area contributed by atoms with E-state index >= 15 is 0 Å². The lowest BCUT2D eigenvalue weighted by molar-refractivity contribution is -0.138. The fourth-order valence-corrected chi connectivity index (χ4v) is 2.22. The van der Waals surface area contributed by atoms with E-state index in [0.29, 0.717) is 22.6 Å². The van der Waals surface area contributed by atoms with E-state index in [0.717, 1.165) is 24.3 Å². The van der Waals surface area contributed by atoms with Gasteiger partial charge in [-0.05, 0) is 49.2 Å². The van der Waals surface area contributed by atoms with Gasteiger partial charge in [-0.15, -0.1) is 5.10 Å². The van der Waals surface area contributed by atoms with Crippen LogP contribution in [0.3, 0.4) is 0 Å². The first-order chi connectivity index (χ1) is 13.9. The molecule has 0 saturated carbocycles. The van der Waals surface area contributed by atoms with Crippen molar-refractivity contribution in [3.8, 4) is 0 Å². The van der Waals surface area contributed by atoms with Gasteiger partial charge in [0.15, 0.2) is 0 Å². The van der Waals surface area contributed by atoms with Crippen molar-refractivity contribution in [3.63, 3.8) is 0 Å². The van der Waals surface area contributed by atoms with E-state index in [1.54, 1.807) is 6.92 Å². The minimum atomic E-state index is -4.43. The van der Waals surface area contributed by atoms with Gasteiger partial charge in [0, 0.05) is 0 Å². The van der Waals surface area contributed by atoms with Crippen molar-refractivity contribution in [2.45, 2.75) is 26.2 Å². The van der Waals surface area contributed by atoms with E-state index in [2.05, 4.69) is 20.7 Å². The molecule has 0 aromatic heterocycles. The second-order valence-corrected chi connectivity index (χ2v) is 6.13. The molecule has 0 radical (unpaired) electrons. The molecule has 30 heavy (non-hydrogen) atoms. The monoisotopic (exact) mass is 429 g/mol. The molecular weight excluding hydrogens is 412 g/mol. The maximum atomic E-state index is 12.6. The third-order valence-corrected chi connectivity index (χ3v) is 3.91. The van der Waals surface area contributed by atoms with E-state index in [1.165, 1.54) is 31.2 Å². The van der Waals surface area contributed by atoms with Crippen molar-refractivity contribution in [1.82, 2.24) is 5.43 Å².